The summed E-state index contributed by atoms with van der Waals surface area (Å²) in [5.74, 6) is 0.721. The van der Waals surface area contributed by atoms with E-state index in [-0.39, 0.29) is 0 Å². The van der Waals surface area contributed by atoms with Crippen LogP contribution in [0.5, 0.6) is 0 Å². The Hall–Kier alpha value is -1.67. The van der Waals surface area contributed by atoms with Crippen LogP contribution >= 0.6 is 0 Å². The third kappa shape index (κ3) is 2.53. The lowest BCUT2D eigenvalue weighted by molar-refractivity contribution is 0.209. The highest BCUT2D eigenvalue weighted by atomic mass is 15.3. The minimum absolute atomic E-state index is 0.422. The van der Waals surface area contributed by atoms with Crippen LogP contribution in [0.3, 0.4) is 0 Å². The number of aromatic nitrogens is 2. The van der Waals surface area contributed by atoms with Crippen LogP contribution in [0.15, 0.2) is 12.4 Å². The Bertz CT molecular complexity index is 415. The first-order chi connectivity index (χ1) is 8.22. The van der Waals surface area contributed by atoms with Crippen LogP contribution in [-0.4, -0.2) is 47.1 Å². The van der Waals surface area contributed by atoms with Gasteiger partial charge in [-0.25, -0.2) is 9.97 Å². The van der Waals surface area contributed by atoms with Crippen molar-refractivity contribution in [2.24, 2.45) is 0 Å². The summed E-state index contributed by atoms with van der Waals surface area (Å²) >= 11 is 0. The van der Waals surface area contributed by atoms with E-state index in [2.05, 4.69) is 39.7 Å². The lowest BCUT2D eigenvalue weighted by Crippen LogP contribution is -2.49. The van der Waals surface area contributed by atoms with Gasteiger partial charge in [-0.2, -0.15) is 5.26 Å². The fourth-order valence-electron chi connectivity index (χ4n) is 2.09. The molecule has 5 nitrogen and oxygen atoms in total. The molecular formula is C12H17N5. The molecule has 0 N–H and O–H groups in total. The zero-order valence-electron chi connectivity index (χ0n) is 10.3. The molecule has 2 heterocycles. The highest BCUT2D eigenvalue weighted by Crippen LogP contribution is 2.16. The Kier molecular flexibility index (Phi) is 3.55. The van der Waals surface area contributed by atoms with Gasteiger partial charge in [0.25, 0.3) is 0 Å². The molecule has 2 rings (SSSR count). The Morgan fingerprint density at radius 3 is 2.41 bits per heavy atom. The summed E-state index contributed by atoms with van der Waals surface area (Å²) in [7, 11) is 0. The normalized spacial score (nSPS) is 17.2. The SMILES string of the molecule is CC(C)N1CCN(c2nccnc2C#N)CC1. The van der Waals surface area contributed by atoms with Gasteiger partial charge in [-0.15, -0.1) is 0 Å². The lowest BCUT2D eigenvalue weighted by Gasteiger charge is -2.37. The molecule has 1 aromatic heterocycles. The van der Waals surface area contributed by atoms with Crippen LogP contribution in [-0.2, 0) is 0 Å². The first-order valence-electron chi connectivity index (χ1n) is 5.92. The van der Waals surface area contributed by atoms with Gasteiger partial charge in [0, 0.05) is 44.6 Å². The van der Waals surface area contributed by atoms with E-state index in [1.165, 1.54) is 0 Å². The molecule has 17 heavy (non-hydrogen) atoms. The number of hydrogen-bond acceptors (Lipinski definition) is 5. The van der Waals surface area contributed by atoms with Crippen molar-refractivity contribution in [3.8, 4) is 6.07 Å². The molecule has 0 spiro atoms. The van der Waals surface area contributed by atoms with Crippen molar-refractivity contribution in [2.45, 2.75) is 19.9 Å². The maximum Gasteiger partial charge on any atom is 0.183 e. The van der Waals surface area contributed by atoms with E-state index < -0.39 is 0 Å². The van der Waals surface area contributed by atoms with Crippen molar-refractivity contribution in [3.63, 3.8) is 0 Å². The molecule has 1 saturated heterocycles. The number of nitrogens with zero attached hydrogens (tertiary/aromatic N) is 5. The van der Waals surface area contributed by atoms with Crippen molar-refractivity contribution in [3.05, 3.63) is 18.1 Å². The fourth-order valence-corrected chi connectivity index (χ4v) is 2.09. The molecule has 1 aliphatic heterocycles. The molecule has 1 aromatic rings. The molecule has 0 amide bonds. The lowest BCUT2D eigenvalue weighted by atomic mass is 10.2. The number of nitriles is 1. The summed E-state index contributed by atoms with van der Waals surface area (Å²) in [6.45, 7) is 8.26. The summed E-state index contributed by atoms with van der Waals surface area (Å²) in [4.78, 5) is 12.9. The second-order valence-electron chi connectivity index (χ2n) is 4.46. The van der Waals surface area contributed by atoms with E-state index in [4.69, 9.17) is 5.26 Å². The van der Waals surface area contributed by atoms with E-state index in [0.717, 1.165) is 32.0 Å². The molecule has 1 aliphatic rings. The molecule has 0 radical (unpaired) electrons. The molecule has 0 atom stereocenters. The second-order valence-corrected chi connectivity index (χ2v) is 4.46. The van der Waals surface area contributed by atoms with Gasteiger partial charge >= 0.3 is 0 Å². The van der Waals surface area contributed by atoms with Crippen molar-refractivity contribution < 1.29 is 0 Å². The van der Waals surface area contributed by atoms with Gasteiger partial charge in [-0.05, 0) is 13.8 Å². The van der Waals surface area contributed by atoms with E-state index in [9.17, 15) is 0 Å². The Labute approximate surface area is 102 Å². The van der Waals surface area contributed by atoms with Gasteiger partial charge in [0.1, 0.15) is 6.07 Å². The summed E-state index contributed by atoms with van der Waals surface area (Å²) < 4.78 is 0. The van der Waals surface area contributed by atoms with E-state index in [1.807, 2.05) is 0 Å². The molecule has 5 heteroatoms. The van der Waals surface area contributed by atoms with Gasteiger partial charge < -0.3 is 4.90 Å². The van der Waals surface area contributed by atoms with Crippen molar-refractivity contribution >= 4 is 5.82 Å². The van der Waals surface area contributed by atoms with Crippen LogP contribution in [0.2, 0.25) is 0 Å². The Morgan fingerprint density at radius 2 is 1.82 bits per heavy atom. The van der Waals surface area contributed by atoms with Crippen LogP contribution in [0.4, 0.5) is 5.82 Å². The molecule has 90 valence electrons. The maximum absolute atomic E-state index is 9.00. The average molecular weight is 231 g/mol. The summed E-state index contributed by atoms with van der Waals surface area (Å²) in [5, 5.41) is 9.00. The highest BCUT2D eigenvalue weighted by Gasteiger charge is 2.21. The van der Waals surface area contributed by atoms with Crippen molar-refractivity contribution in [1.82, 2.24) is 14.9 Å². The number of hydrogen-bond donors (Lipinski definition) is 0. The maximum atomic E-state index is 9.00. The third-order valence-electron chi connectivity index (χ3n) is 3.13. The zero-order chi connectivity index (χ0) is 12.3. The summed E-state index contributed by atoms with van der Waals surface area (Å²) in [6.07, 6.45) is 3.21. The van der Waals surface area contributed by atoms with E-state index in [1.54, 1.807) is 12.4 Å². The van der Waals surface area contributed by atoms with Gasteiger partial charge in [-0.3, -0.25) is 4.90 Å². The summed E-state index contributed by atoms with van der Waals surface area (Å²) in [6, 6.07) is 2.68. The van der Waals surface area contributed by atoms with E-state index in [0.29, 0.717) is 11.7 Å². The monoisotopic (exact) mass is 231 g/mol. The Balaban J connectivity index is 2.08. The second kappa shape index (κ2) is 5.11. The fraction of sp³-hybridized carbons (Fsp3) is 0.583. The van der Waals surface area contributed by atoms with Gasteiger partial charge in [0.05, 0.1) is 0 Å². The van der Waals surface area contributed by atoms with Crippen LogP contribution in [0.1, 0.15) is 19.5 Å². The zero-order valence-corrected chi connectivity index (χ0v) is 10.3. The minimum Gasteiger partial charge on any atom is -0.352 e. The smallest absolute Gasteiger partial charge is 0.183 e. The first kappa shape index (κ1) is 11.8. The largest absolute Gasteiger partial charge is 0.352 e. The highest BCUT2D eigenvalue weighted by molar-refractivity contribution is 5.49. The quantitative estimate of drug-likeness (QED) is 0.756. The van der Waals surface area contributed by atoms with Crippen LogP contribution in [0.25, 0.3) is 0 Å². The number of anilines is 1. The van der Waals surface area contributed by atoms with Crippen molar-refractivity contribution in [2.75, 3.05) is 31.1 Å². The first-order valence-corrected chi connectivity index (χ1v) is 5.92. The van der Waals surface area contributed by atoms with Crippen molar-refractivity contribution in [1.29, 1.82) is 5.26 Å². The molecule has 1 fully saturated rings. The minimum atomic E-state index is 0.422. The van der Waals surface area contributed by atoms with Gasteiger partial charge in [-0.1, -0.05) is 0 Å². The topological polar surface area (TPSA) is 56.1 Å². The van der Waals surface area contributed by atoms with Crippen LogP contribution in [0, 0.1) is 11.3 Å². The molecular weight excluding hydrogens is 214 g/mol. The molecule has 0 saturated carbocycles. The molecule has 0 unspecified atom stereocenters. The summed E-state index contributed by atoms with van der Waals surface area (Å²) in [5.41, 5.74) is 0.422. The standard InChI is InChI=1S/C12H17N5/c1-10(2)16-5-7-17(8-6-16)12-11(9-13)14-3-4-15-12/h3-4,10H,5-8H2,1-2H3. The molecule has 0 aliphatic carbocycles. The predicted octanol–water partition coefficient (Wildman–Crippen LogP) is 0.879. The number of piperazine rings is 1. The average Bonchev–Trinajstić information content (AvgIpc) is 2.39. The molecule has 0 bridgehead atoms. The van der Waals surface area contributed by atoms with Crippen LogP contribution < -0.4 is 4.90 Å². The van der Waals surface area contributed by atoms with Gasteiger partial charge in [0.15, 0.2) is 11.5 Å². The number of rotatable bonds is 2. The molecule has 0 aromatic carbocycles. The predicted molar refractivity (Wildman–Crippen MR) is 65.7 cm³/mol. The third-order valence-corrected chi connectivity index (χ3v) is 3.13. The van der Waals surface area contributed by atoms with E-state index >= 15 is 0 Å². The van der Waals surface area contributed by atoms with Gasteiger partial charge in [0.2, 0.25) is 0 Å². The Morgan fingerprint density at radius 1 is 1.18 bits per heavy atom.